The number of methoxy groups -OCH3 is 1. The second-order valence-corrected chi connectivity index (χ2v) is 6.68. The summed E-state index contributed by atoms with van der Waals surface area (Å²) >= 11 is 5.65. The molecule has 3 aromatic carbocycles. The first-order valence-corrected chi connectivity index (χ1v) is 8.84. The molecule has 0 unspecified atom stereocenters. The summed E-state index contributed by atoms with van der Waals surface area (Å²) in [6, 6.07) is 21.0. The lowest BCUT2D eigenvalue weighted by atomic mass is 10.00. The number of thiocarbonyl (C=S) groups is 1. The molecule has 3 aromatic rings. The number of nitrogens with zero attached hydrogens (tertiary/aromatic N) is 1. The van der Waals surface area contributed by atoms with E-state index >= 15 is 0 Å². The number of ether oxygens (including phenoxy) is 1. The van der Waals surface area contributed by atoms with Crippen LogP contribution in [-0.2, 0) is 13.0 Å². The normalized spacial score (nSPS) is 13.4. The highest BCUT2D eigenvalue weighted by molar-refractivity contribution is 7.80. The van der Waals surface area contributed by atoms with Crippen LogP contribution in [0, 0.1) is 0 Å². The van der Waals surface area contributed by atoms with E-state index in [-0.39, 0.29) is 0 Å². The van der Waals surface area contributed by atoms with E-state index in [9.17, 15) is 0 Å². The van der Waals surface area contributed by atoms with Crippen LogP contribution in [0.25, 0.3) is 10.8 Å². The third-order valence-electron chi connectivity index (χ3n) is 4.71. The zero-order valence-corrected chi connectivity index (χ0v) is 15.0. The lowest BCUT2D eigenvalue weighted by Gasteiger charge is -2.31. The summed E-state index contributed by atoms with van der Waals surface area (Å²) in [5, 5.41) is 6.60. The average molecular weight is 348 g/mol. The van der Waals surface area contributed by atoms with Crippen molar-refractivity contribution in [2.45, 2.75) is 13.0 Å². The monoisotopic (exact) mass is 348 g/mol. The highest BCUT2D eigenvalue weighted by Crippen LogP contribution is 2.25. The van der Waals surface area contributed by atoms with E-state index < -0.39 is 0 Å². The number of rotatable bonds is 2. The van der Waals surface area contributed by atoms with Crippen LogP contribution in [0.2, 0.25) is 0 Å². The van der Waals surface area contributed by atoms with E-state index in [1.54, 1.807) is 7.11 Å². The minimum absolute atomic E-state index is 0.767. The zero-order chi connectivity index (χ0) is 17.2. The molecule has 0 spiro atoms. The Bertz CT molecular complexity index is 938. The number of fused-ring (bicyclic) bond motifs is 2. The van der Waals surface area contributed by atoms with Crippen LogP contribution in [0.4, 0.5) is 5.69 Å². The Morgan fingerprint density at radius 2 is 1.84 bits per heavy atom. The first-order valence-electron chi connectivity index (χ1n) is 8.43. The van der Waals surface area contributed by atoms with Gasteiger partial charge in [0, 0.05) is 18.8 Å². The number of anilines is 1. The summed E-state index contributed by atoms with van der Waals surface area (Å²) in [5.74, 6) is 0.897. The number of benzene rings is 3. The summed E-state index contributed by atoms with van der Waals surface area (Å²) in [5.41, 5.74) is 3.69. The Morgan fingerprint density at radius 3 is 2.68 bits per heavy atom. The molecule has 1 N–H and O–H groups in total. The van der Waals surface area contributed by atoms with Crippen molar-refractivity contribution in [2.75, 3.05) is 19.0 Å². The van der Waals surface area contributed by atoms with Crippen molar-refractivity contribution in [3.05, 3.63) is 71.8 Å². The van der Waals surface area contributed by atoms with Gasteiger partial charge in [-0.25, -0.2) is 0 Å². The maximum atomic E-state index is 5.65. The molecular weight excluding hydrogens is 328 g/mol. The van der Waals surface area contributed by atoms with Crippen molar-refractivity contribution in [3.63, 3.8) is 0 Å². The van der Waals surface area contributed by atoms with Crippen LogP contribution < -0.4 is 10.1 Å². The van der Waals surface area contributed by atoms with Crippen LogP contribution in [0.3, 0.4) is 0 Å². The Kier molecular flexibility index (Phi) is 4.28. The average Bonchev–Trinajstić information content (AvgIpc) is 2.67. The van der Waals surface area contributed by atoms with Gasteiger partial charge >= 0.3 is 0 Å². The molecule has 0 fully saturated rings. The fraction of sp³-hybridized carbons (Fsp3) is 0.190. The highest BCUT2D eigenvalue weighted by atomic mass is 32.1. The van der Waals surface area contributed by atoms with Gasteiger partial charge < -0.3 is 15.0 Å². The first-order chi connectivity index (χ1) is 12.2. The number of hydrogen-bond donors (Lipinski definition) is 1. The molecule has 4 rings (SSSR count). The molecule has 0 aliphatic carbocycles. The van der Waals surface area contributed by atoms with Gasteiger partial charge in [-0.05, 0) is 64.8 Å². The number of hydrogen-bond acceptors (Lipinski definition) is 2. The van der Waals surface area contributed by atoms with Crippen LogP contribution in [-0.4, -0.2) is 23.7 Å². The molecule has 4 heteroatoms. The third kappa shape index (κ3) is 3.30. The van der Waals surface area contributed by atoms with E-state index in [2.05, 4.69) is 64.8 Å². The van der Waals surface area contributed by atoms with Gasteiger partial charge in [-0.2, -0.15) is 0 Å². The second-order valence-electron chi connectivity index (χ2n) is 6.30. The van der Waals surface area contributed by atoms with Crippen molar-refractivity contribution in [1.82, 2.24) is 4.90 Å². The van der Waals surface area contributed by atoms with Crippen LogP contribution in [0.1, 0.15) is 11.1 Å². The molecular formula is C21H20N2OS. The molecule has 0 aromatic heterocycles. The largest absolute Gasteiger partial charge is 0.497 e. The molecule has 126 valence electrons. The Balaban J connectivity index is 1.50. The van der Waals surface area contributed by atoms with Gasteiger partial charge in [0.25, 0.3) is 0 Å². The topological polar surface area (TPSA) is 24.5 Å². The first kappa shape index (κ1) is 15.9. The van der Waals surface area contributed by atoms with Gasteiger partial charge in [0.1, 0.15) is 5.75 Å². The third-order valence-corrected chi connectivity index (χ3v) is 5.07. The van der Waals surface area contributed by atoms with E-state index in [1.165, 1.54) is 21.9 Å². The maximum absolute atomic E-state index is 5.65. The molecule has 0 saturated carbocycles. The fourth-order valence-electron chi connectivity index (χ4n) is 3.30. The van der Waals surface area contributed by atoms with Crippen molar-refractivity contribution >= 4 is 33.8 Å². The molecule has 3 nitrogen and oxygen atoms in total. The summed E-state index contributed by atoms with van der Waals surface area (Å²) in [6.07, 6.45) is 0.999. The molecule has 1 aliphatic rings. The van der Waals surface area contributed by atoms with Crippen molar-refractivity contribution in [1.29, 1.82) is 0 Å². The summed E-state index contributed by atoms with van der Waals surface area (Å²) < 4.78 is 5.35. The van der Waals surface area contributed by atoms with Gasteiger partial charge in [-0.3, -0.25) is 0 Å². The summed E-state index contributed by atoms with van der Waals surface area (Å²) in [4.78, 5) is 2.21. The second kappa shape index (κ2) is 6.73. The van der Waals surface area contributed by atoms with E-state index in [4.69, 9.17) is 17.0 Å². The van der Waals surface area contributed by atoms with E-state index in [0.29, 0.717) is 0 Å². The summed E-state index contributed by atoms with van der Waals surface area (Å²) in [6.45, 7) is 1.74. The van der Waals surface area contributed by atoms with Gasteiger partial charge in [-0.1, -0.05) is 36.4 Å². The molecule has 0 atom stereocenters. The lowest BCUT2D eigenvalue weighted by molar-refractivity contribution is 0.390. The molecule has 0 bridgehead atoms. The predicted octanol–water partition coefficient (Wildman–Crippen LogP) is 4.60. The van der Waals surface area contributed by atoms with Crippen molar-refractivity contribution in [3.8, 4) is 5.75 Å². The Morgan fingerprint density at radius 1 is 1.00 bits per heavy atom. The van der Waals surface area contributed by atoms with Crippen LogP contribution >= 0.6 is 12.2 Å². The molecule has 25 heavy (non-hydrogen) atoms. The summed E-state index contributed by atoms with van der Waals surface area (Å²) in [7, 11) is 1.70. The predicted molar refractivity (Wildman–Crippen MR) is 107 cm³/mol. The molecule has 1 heterocycles. The quantitative estimate of drug-likeness (QED) is 0.684. The van der Waals surface area contributed by atoms with E-state index in [1.807, 2.05) is 6.07 Å². The standard InChI is InChI=1S/C21H20N2OS/c1-24-20-9-7-16-10-11-23(14-18(16)13-20)21(25)22-19-8-6-15-4-2-3-5-17(15)12-19/h2-9,12-13H,10-11,14H2,1H3,(H,22,25). The Labute approximate surface area is 153 Å². The maximum Gasteiger partial charge on any atom is 0.173 e. The lowest BCUT2D eigenvalue weighted by Crippen LogP contribution is -2.38. The smallest absolute Gasteiger partial charge is 0.173 e. The SMILES string of the molecule is COc1ccc2c(c1)CN(C(=S)Nc1ccc3ccccc3c1)CC2. The fourth-order valence-corrected chi connectivity index (χ4v) is 3.58. The van der Waals surface area contributed by atoms with Crippen molar-refractivity contribution in [2.24, 2.45) is 0 Å². The van der Waals surface area contributed by atoms with Gasteiger partial charge in [0.05, 0.1) is 7.11 Å². The molecule has 1 aliphatic heterocycles. The minimum atomic E-state index is 0.767. The highest BCUT2D eigenvalue weighted by Gasteiger charge is 2.19. The molecule has 0 radical (unpaired) electrons. The molecule has 0 saturated heterocycles. The molecule has 0 amide bonds. The number of nitrogens with one attached hydrogen (secondary N) is 1. The van der Waals surface area contributed by atoms with Crippen LogP contribution in [0.5, 0.6) is 5.75 Å². The van der Waals surface area contributed by atoms with E-state index in [0.717, 1.165) is 36.1 Å². The van der Waals surface area contributed by atoms with Gasteiger partial charge in [-0.15, -0.1) is 0 Å². The zero-order valence-electron chi connectivity index (χ0n) is 14.2. The van der Waals surface area contributed by atoms with Gasteiger partial charge in [0.2, 0.25) is 0 Å². The van der Waals surface area contributed by atoms with Crippen LogP contribution in [0.15, 0.2) is 60.7 Å². The minimum Gasteiger partial charge on any atom is -0.497 e. The Hall–Kier alpha value is -2.59. The van der Waals surface area contributed by atoms with Gasteiger partial charge in [0.15, 0.2) is 5.11 Å². The van der Waals surface area contributed by atoms with Crippen molar-refractivity contribution < 1.29 is 4.74 Å².